The van der Waals surface area contributed by atoms with Gasteiger partial charge in [-0.2, -0.15) is 5.10 Å². The van der Waals surface area contributed by atoms with Crippen LogP contribution in [0.15, 0.2) is 41.6 Å². The topological polar surface area (TPSA) is 106 Å². The lowest BCUT2D eigenvalue weighted by Gasteiger charge is -2.38. The van der Waals surface area contributed by atoms with Gasteiger partial charge in [-0.15, -0.1) is 0 Å². The first-order valence-electron chi connectivity index (χ1n) is 12.6. The zero-order valence-corrected chi connectivity index (χ0v) is 21.0. The van der Waals surface area contributed by atoms with Crippen LogP contribution in [0.3, 0.4) is 0 Å². The van der Waals surface area contributed by atoms with Crippen LogP contribution in [0.2, 0.25) is 0 Å². The fourth-order valence-electron chi connectivity index (χ4n) is 4.88. The average molecular weight is 495 g/mol. The van der Waals surface area contributed by atoms with E-state index in [2.05, 4.69) is 21.0 Å². The van der Waals surface area contributed by atoms with Gasteiger partial charge in [0.15, 0.2) is 5.65 Å². The van der Waals surface area contributed by atoms with Crippen LogP contribution in [0.1, 0.15) is 31.2 Å². The van der Waals surface area contributed by atoms with Crippen LogP contribution < -0.4 is 5.56 Å². The predicted octanol–water partition coefficient (Wildman–Crippen LogP) is 1.42. The van der Waals surface area contributed by atoms with Gasteiger partial charge in [0.05, 0.1) is 30.6 Å². The highest BCUT2D eigenvalue weighted by atomic mass is 16.5. The fraction of sp³-hybridized carbons (Fsp3) is 0.538. The molecule has 1 N–H and O–H groups in total. The van der Waals surface area contributed by atoms with E-state index in [-0.39, 0.29) is 23.9 Å². The van der Waals surface area contributed by atoms with Crippen LogP contribution in [-0.2, 0) is 22.6 Å². The van der Waals surface area contributed by atoms with Crippen LogP contribution in [0.5, 0.6) is 0 Å². The summed E-state index contributed by atoms with van der Waals surface area (Å²) in [5.41, 5.74) is 1.17. The summed E-state index contributed by atoms with van der Waals surface area (Å²) in [5.74, 6) is 0.384. The summed E-state index contributed by atoms with van der Waals surface area (Å²) < 4.78 is 8.30. The van der Waals surface area contributed by atoms with Crippen molar-refractivity contribution >= 4 is 16.9 Å². The molecule has 1 amide bonds. The second-order valence-electron chi connectivity index (χ2n) is 10.2. The Kier molecular flexibility index (Phi) is 6.92. The fourth-order valence-corrected chi connectivity index (χ4v) is 4.88. The molecule has 1 saturated heterocycles. The summed E-state index contributed by atoms with van der Waals surface area (Å²) in [6.07, 6.45) is 5.88. The molecule has 3 heterocycles. The Morgan fingerprint density at radius 2 is 2.06 bits per heavy atom. The van der Waals surface area contributed by atoms with E-state index in [0.29, 0.717) is 43.6 Å². The van der Waals surface area contributed by atoms with E-state index in [4.69, 9.17) is 4.74 Å². The van der Waals surface area contributed by atoms with Gasteiger partial charge < -0.3 is 14.7 Å². The van der Waals surface area contributed by atoms with E-state index < -0.39 is 5.60 Å². The molecule has 2 aliphatic rings. The van der Waals surface area contributed by atoms with Gasteiger partial charge in [0, 0.05) is 39.2 Å². The molecule has 3 aromatic rings. The minimum atomic E-state index is -1.04. The highest BCUT2D eigenvalue weighted by molar-refractivity contribution is 5.81. The molecule has 1 aromatic carbocycles. The monoisotopic (exact) mass is 494 g/mol. The maximum Gasteiger partial charge on any atom is 0.264 e. The molecule has 1 aliphatic heterocycles. The first kappa shape index (κ1) is 24.6. The van der Waals surface area contributed by atoms with E-state index >= 15 is 0 Å². The summed E-state index contributed by atoms with van der Waals surface area (Å²) in [5, 5.41) is 16.0. The van der Waals surface area contributed by atoms with E-state index in [1.54, 1.807) is 18.0 Å². The number of fused-ring (bicyclic) bond motifs is 1. The van der Waals surface area contributed by atoms with Gasteiger partial charge >= 0.3 is 0 Å². The molecular weight excluding hydrogens is 460 g/mol. The number of likely N-dealkylation sites (N-methyl/N-ethyl adjacent to an activating group) is 1. The Morgan fingerprint density at radius 1 is 1.28 bits per heavy atom. The van der Waals surface area contributed by atoms with Gasteiger partial charge in [0.2, 0.25) is 5.91 Å². The zero-order chi connectivity index (χ0) is 25.3. The Bertz CT molecular complexity index is 1290. The Balaban J connectivity index is 1.31. The smallest absolute Gasteiger partial charge is 0.264 e. The number of carbonyl (C=O) groups is 1. The molecule has 10 heteroatoms. The number of nitrogens with zero attached hydrogens (tertiary/aromatic N) is 6. The number of benzene rings is 1. The van der Waals surface area contributed by atoms with Crippen molar-refractivity contribution in [1.29, 1.82) is 0 Å². The lowest BCUT2D eigenvalue weighted by molar-refractivity contribution is -0.137. The number of methoxy groups -OCH3 is 1. The second kappa shape index (κ2) is 10.1. The van der Waals surface area contributed by atoms with Crippen LogP contribution in [0, 0.1) is 5.92 Å². The van der Waals surface area contributed by atoms with Crippen molar-refractivity contribution in [1.82, 2.24) is 29.1 Å². The number of amides is 1. The second-order valence-corrected chi connectivity index (χ2v) is 10.2. The van der Waals surface area contributed by atoms with Gasteiger partial charge in [0.1, 0.15) is 11.7 Å². The molecule has 0 spiro atoms. The lowest BCUT2D eigenvalue weighted by atomic mass is 9.91. The van der Waals surface area contributed by atoms with Crippen molar-refractivity contribution in [2.45, 2.75) is 44.4 Å². The molecule has 2 aromatic heterocycles. The molecule has 10 nitrogen and oxygen atoms in total. The van der Waals surface area contributed by atoms with E-state index in [9.17, 15) is 14.7 Å². The van der Waals surface area contributed by atoms with Gasteiger partial charge in [-0.1, -0.05) is 12.1 Å². The molecule has 0 bridgehead atoms. The van der Waals surface area contributed by atoms with Crippen LogP contribution in [-0.4, -0.2) is 86.1 Å². The first-order chi connectivity index (χ1) is 17.4. The number of carbonyl (C=O) groups excluding carboxylic acids is 1. The molecule has 36 heavy (non-hydrogen) atoms. The summed E-state index contributed by atoms with van der Waals surface area (Å²) in [4.78, 5) is 34.1. The van der Waals surface area contributed by atoms with E-state index in [1.165, 1.54) is 10.9 Å². The summed E-state index contributed by atoms with van der Waals surface area (Å²) in [7, 11) is 3.74. The number of aliphatic hydroxyl groups is 1. The third-order valence-corrected chi connectivity index (χ3v) is 7.24. The minimum Gasteiger partial charge on any atom is -0.388 e. The van der Waals surface area contributed by atoms with E-state index in [0.717, 1.165) is 37.2 Å². The summed E-state index contributed by atoms with van der Waals surface area (Å²) in [6, 6.07) is 8.02. The number of hydrogen-bond acceptors (Lipinski definition) is 7. The summed E-state index contributed by atoms with van der Waals surface area (Å²) >= 11 is 0. The van der Waals surface area contributed by atoms with Crippen molar-refractivity contribution in [3.8, 4) is 5.69 Å². The molecule has 2 fully saturated rings. The van der Waals surface area contributed by atoms with Gasteiger partial charge in [-0.05, 0) is 50.4 Å². The zero-order valence-electron chi connectivity index (χ0n) is 21.0. The standard InChI is InChI=1S/C26H34N6O4/c1-29(12-13-36-2)16-19-4-3-5-21(14-19)32-23-22(15-28-32)25(34)31(18-27-23)17-26(35)8-10-30(11-9-26)24(33)20-6-7-20/h3-5,14-15,18,20,35H,6-13,16-17H2,1-2H3. The molecule has 1 saturated carbocycles. The summed E-state index contributed by atoms with van der Waals surface area (Å²) in [6.45, 7) is 3.44. The van der Waals surface area contributed by atoms with Crippen molar-refractivity contribution in [3.05, 3.63) is 52.7 Å². The average Bonchev–Trinajstić information content (AvgIpc) is 3.63. The van der Waals surface area contributed by atoms with Crippen LogP contribution in [0.4, 0.5) is 0 Å². The predicted molar refractivity (Wildman–Crippen MR) is 135 cm³/mol. The van der Waals surface area contributed by atoms with E-state index in [1.807, 2.05) is 30.1 Å². The SMILES string of the molecule is COCCN(C)Cc1cccc(-n2ncc3c(=O)n(CC4(O)CCN(C(=O)C5CC5)CC4)cnc32)c1. The normalized spacial score (nSPS) is 17.7. The Hall–Kier alpha value is -3.08. The lowest BCUT2D eigenvalue weighted by Crippen LogP contribution is -2.50. The highest BCUT2D eigenvalue weighted by Crippen LogP contribution is 2.33. The maximum atomic E-state index is 13.2. The highest BCUT2D eigenvalue weighted by Gasteiger charge is 2.39. The molecule has 0 unspecified atom stereocenters. The number of hydrogen-bond donors (Lipinski definition) is 1. The molecule has 5 rings (SSSR count). The molecule has 192 valence electrons. The third-order valence-electron chi connectivity index (χ3n) is 7.24. The van der Waals surface area contributed by atoms with Crippen molar-refractivity contribution in [2.75, 3.05) is 40.4 Å². The first-order valence-corrected chi connectivity index (χ1v) is 12.6. The van der Waals surface area contributed by atoms with Crippen molar-refractivity contribution in [2.24, 2.45) is 5.92 Å². The quantitative estimate of drug-likeness (QED) is 0.480. The Labute approximate surface area is 210 Å². The minimum absolute atomic E-state index is 0.148. The molecule has 0 radical (unpaired) electrons. The largest absolute Gasteiger partial charge is 0.388 e. The molecular formula is C26H34N6O4. The van der Waals surface area contributed by atoms with Gasteiger partial charge in [-0.3, -0.25) is 19.1 Å². The van der Waals surface area contributed by atoms with Crippen LogP contribution in [0.25, 0.3) is 16.7 Å². The Morgan fingerprint density at radius 3 is 2.78 bits per heavy atom. The maximum absolute atomic E-state index is 13.2. The molecule has 1 aliphatic carbocycles. The van der Waals surface area contributed by atoms with Crippen molar-refractivity contribution < 1.29 is 14.6 Å². The third kappa shape index (κ3) is 5.21. The number of ether oxygens (including phenoxy) is 1. The number of likely N-dealkylation sites (tertiary alicyclic amines) is 1. The van der Waals surface area contributed by atoms with Crippen LogP contribution >= 0.6 is 0 Å². The van der Waals surface area contributed by atoms with Gasteiger partial charge in [-0.25, -0.2) is 9.67 Å². The number of aromatic nitrogens is 4. The number of rotatable bonds is 9. The molecule has 0 atom stereocenters. The van der Waals surface area contributed by atoms with Crippen molar-refractivity contribution in [3.63, 3.8) is 0 Å². The number of piperidine rings is 1. The van der Waals surface area contributed by atoms with Gasteiger partial charge in [0.25, 0.3) is 5.56 Å².